The van der Waals surface area contributed by atoms with E-state index in [0.29, 0.717) is 16.9 Å². The number of methoxy groups -OCH3 is 1. The molecule has 1 amide bonds. The van der Waals surface area contributed by atoms with Gasteiger partial charge in [0.05, 0.1) is 13.2 Å². The van der Waals surface area contributed by atoms with Crippen molar-refractivity contribution in [3.63, 3.8) is 0 Å². The minimum absolute atomic E-state index is 0.381. The highest BCUT2D eigenvalue weighted by molar-refractivity contribution is 5.94. The van der Waals surface area contributed by atoms with E-state index < -0.39 is 11.9 Å². The van der Waals surface area contributed by atoms with Crippen molar-refractivity contribution in [1.29, 1.82) is 5.26 Å². The van der Waals surface area contributed by atoms with E-state index in [1.165, 1.54) is 31.4 Å². The third kappa shape index (κ3) is 3.57. The van der Waals surface area contributed by atoms with Crippen molar-refractivity contribution < 1.29 is 13.9 Å². The number of amides is 1. The number of carbonyl (C=O) groups is 1. The van der Waals surface area contributed by atoms with Crippen molar-refractivity contribution in [2.75, 3.05) is 7.11 Å². The highest BCUT2D eigenvalue weighted by Gasteiger charge is 2.15. The molecule has 1 N–H and O–H groups in total. The van der Waals surface area contributed by atoms with Gasteiger partial charge < -0.3 is 10.1 Å². The van der Waals surface area contributed by atoms with Crippen LogP contribution in [-0.4, -0.2) is 13.0 Å². The van der Waals surface area contributed by atoms with Gasteiger partial charge in [-0.1, -0.05) is 12.1 Å². The zero-order valence-electron chi connectivity index (χ0n) is 11.3. The van der Waals surface area contributed by atoms with Crippen LogP contribution >= 0.6 is 0 Å². The van der Waals surface area contributed by atoms with Crippen molar-refractivity contribution in [3.05, 3.63) is 65.5 Å². The molecule has 4 nitrogen and oxygen atoms in total. The summed E-state index contributed by atoms with van der Waals surface area (Å²) in [5, 5.41) is 11.7. The number of rotatable bonds is 4. The van der Waals surface area contributed by atoms with Gasteiger partial charge in [-0.3, -0.25) is 4.79 Å². The molecule has 0 unspecified atom stereocenters. The molecule has 106 valence electrons. The summed E-state index contributed by atoms with van der Waals surface area (Å²) in [4.78, 5) is 12.1. The van der Waals surface area contributed by atoms with E-state index >= 15 is 0 Å². The summed E-state index contributed by atoms with van der Waals surface area (Å²) in [6.07, 6.45) is 0. The summed E-state index contributed by atoms with van der Waals surface area (Å²) in [6, 6.07) is 13.1. The van der Waals surface area contributed by atoms with Crippen molar-refractivity contribution in [1.82, 2.24) is 5.32 Å². The Morgan fingerprint density at radius 1 is 1.19 bits per heavy atom. The van der Waals surface area contributed by atoms with E-state index in [2.05, 4.69) is 5.32 Å². The maximum Gasteiger partial charge on any atom is 0.252 e. The molecule has 0 spiro atoms. The van der Waals surface area contributed by atoms with E-state index in [1.54, 1.807) is 24.3 Å². The van der Waals surface area contributed by atoms with E-state index in [9.17, 15) is 9.18 Å². The number of nitriles is 1. The Bertz CT molecular complexity index is 660. The molecule has 0 aromatic heterocycles. The van der Waals surface area contributed by atoms with Crippen LogP contribution in [-0.2, 0) is 0 Å². The Labute approximate surface area is 121 Å². The summed E-state index contributed by atoms with van der Waals surface area (Å²) in [5.41, 5.74) is 0.943. The van der Waals surface area contributed by atoms with Gasteiger partial charge in [0.2, 0.25) is 0 Å². The molecule has 0 bridgehead atoms. The Balaban J connectivity index is 2.12. The van der Waals surface area contributed by atoms with Gasteiger partial charge in [0.15, 0.2) is 0 Å². The first-order valence-corrected chi connectivity index (χ1v) is 6.24. The fraction of sp³-hybridized carbons (Fsp3) is 0.125. The SMILES string of the molecule is COc1ccc(C(=O)N[C@H](C#N)c2ccc(F)cc2)cc1. The zero-order valence-corrected chi connectivity index (χ0v) is 11.3. The van der Waals surface area contributed by atoms with Crippen LogP contribution in [0.3, 0.4) is 0 Å². The van der Waals surface area contributed by atoms with E-state index in [0.717, 1.165) is 0 Å². The molecule has 0 fully saturated rings. The van der Waals surface area contributed by atoms with Crippen LogP contribution in [0.4, 0.5) is 4.39 Å². The van der Waals surface area contributed by atoms with Crippen molar-refractivity contribution >= 4 is 5.91 Å². The maximum absolute atomic E-state index is 12.9. The summed E-state index contributed by atoms with van der Waals surface area (Å²) >= 11 is 0. The lowest BCUT2D eigenvalue weighted by Gasteiger charge is -2.12. The third-order valence-corrected chi connectivity index (χ3v) is 2.96. The van der Waals surface area contributed by atoms with Gasteiger partial charge in [0, 0.05) is 5.56 Å². The van der Waals surface area contributed by atoms with Gasteiger partial charge in [0.25, 0.3) is 5.91 Å². The molecule has 0 saturated heterocycles. The predicted molar refractivity (Wildman–Crippen MR) is 75.2 cm³/mol. The lowest BCUT2D eigenvalue weighted by Crippen LogP contribution is -2.27. The van der Waals surface area contributed by atoms with Crippen LogP contribution in [0, 0.1) is 17.1 Å². The number of carbonyl (C=O) groups excluding carboxylic acids is 1. The molecule has 2 aromatic carbocycles. The lowest BCUT2D eigenvalue weighted by atomic mass is 10.1. The van der Waals surface area contributed by atoms with Crippen LogP contribution in [0.25, 0.3) is 0 Å². The fourth-order valence-corrected chi connectivity index (χ4v) is 1.80. The molecule has 0 aliphatic heterocycles. The Morgan fingerprint density at radius 3 is 2.33 bits per heavy atom. The number of hydrogen-bond acceptors (Lipinski definition) is 3. The average molecular weight is 284 g/mol. The quantitative estimate of drug-likeness (QED) is 0.939. The lowest BCUT2D eigenvalue weighted by molar-refractivity contribution is 0.0945. The van der Waals surface area contributed by atoms with E-state index in [-0.39, 0.29) is 5.91 Å². The molecule has 1 atom stereocenters. The van der Waals surface area contributed by atoms with Gasteiger partial charge in [-0.25, -0.2) is 4.39 Å². The van der Waals surface area contributed by atoms with E-state index in [1.807, 2.05) is 6.07 Å². The first kappa shape index (κ1) is 14.5. The zero-order chi connectivity index (χ0) is 15.2. The summed E-state index contributed by atoms with van der Waals surface area (Å²) in [7, 11) is 1.54. The normalized spacial score (nSPS) is 11.3. The Hall–Kier alpha value is -2.87. The number of ether oxygens (including phenoxy) is 1. The van der Waals surface area contributed by atoms with Gasteiger partial charge in [-0.15, -0.1) is 0 Å². The predicted octanol–water partition coefficient (Wildman–Crippen LogP) is 2.83. The molecule has 2 rings (SSSR count). The molecule has 0 saturated carbocycles. The number of halogens is 1. The minimum atomic E-state index is -0.833. The summed E-state index contributed by atoms with van der Waals surface area (Å²) in [6.45, 7) is 0. The molecule has 0 aliphatic rings. The molecule has 21 heavy (non-hydrogen) atoms. The highest BCUT2D eigenvalue weighted by atomic mass is 19.1. The van der Waals surface area contributed by atoms with Crippen LogP contribution in [0.2, 0.25) is 0 Å². The molecule has 2 aromatic rings. The maximum atomic E-state index is 12.9. The van der Waals surface area contributed by atoms with Crippen LogP contribution in [0.1, 0.15) is 22.0 Å². The fourth-order valence-electron chi connectivity index (χ4n) is 1.80. The number of benzene rings is 2. The van der Waals surface area contributed by atoms with Gasteiger partial charge in [-0.2, -0.15) is 5.26 Å². The average Bonchev–Trinajstić information content (AvgIpc) is 2.53. The number of nitrogens with one attached hydrogen (secondary N) is 1. The molecule has 0 radical (unpaired) electrons. The standard InChI is InChI=1S/C16H13FN2O2/c1-21-14-8-4-12(5-9-14)16(20)19-15(10-18)11-2-6-13(17)7-3-11/h2-9,15H,1H3,(H,19,20)/t15-/m1/s1. The van der Waals surface area contributed by atoms with Crippen LogP contribution in [0.15, 0.2) is 48.5 Å². The summed E-state index contributed by atoms with van der Waals surface area (Å²) < 4.78 is 17.9. The molecular weight excluding hydrogens is 271 g/mol. The first-order valence-electron chi connectivity index (χ1n) is 6.24. The molecular formula is C16H13FN2O2. The van der Waals surface area contributed by atoms with Crippen molar-refractivity contribution in [2.45, 2.75) is 6.04 Å². The number of hydrogen-bond donors (Lipinski definition) is 1. The second-order valence-corrected chi connectivity index (χ2v) is 4.32. The monoisotopic (exact) mass is 284 g/mol. The van der Waals surface area contributed by atoms with Gasteiger partial charge >= 0.3 is 0 Å². The second-order valence-electron chi connectivity index (χ2n) is 4.32. The Morgan fingerprint density at radius 2 is 1.81 bits per heavy atom. The molecule has 5 heteroatoms. The highest BCUT2D eigenvalue weighted by Crippen LogP contribution is 2.15. The smallest absolute Gasteiger partial charge is 0.252 e. The van der Waals surface area contributed by atoms with Gasteiger partial charge in [0.1, 0.15) is 17.6 Å². The Kier molecular flexibility index (Phi) is 4.52. The molecule has 0 aliphatic carbocycles. The van der Waals surface area contributed by atoms with Crippen molar-refractivity contribution in [2.24, 2.45) is 0 Å². The minimum Gasteiger partial charge on any atom is -0.497 e. The third-order valence-electron chi connectivity index (χ3n) is 2.96. The topological polar surface area (TPSA) is 62.1 Å². The largest absolute Gasteiger partial charge is 0.497 e. The van der Waals surface area contributed by atoms with E-state index in [4.69, 9.17) is 10.00 Å². The molecule has 0 heterocycles. The second kappa shape index (κ2) is 6.53. The van der Waals surface area contributed by atoms with Crippen LogP contribution in [0.5, 0.6) is 5.75 Å². The van der Waals surface area contributed by atoms with Gasteiger partial charge in [-0.05, 0) is 42.0 Å². The van der Waals surface area contributed by atoms with Crippen molar-refractivity contribution in [3.8, 4) is 11.8 Å². The first-order chi connectivity index (χ1) is 10.1. The number of nitrogens with zero attached hydrogens (tertiary/aromatic N) is 1. The van der Waals surface area contributed by atoms with Crippen LogP contribution < -0.4 is 10.1 Å². The summed E-state index contributed by atoms with van der Waals surface area (Å²) in [5.74, 6) is -0.132.